The number of carboxylic acids is 2. The van der Waals surface area contributed by atoms with Gasteiger partial charge in [0, 0.05) is 31.7 Å². The predicted molar refractivity (Wildman–Crippen MR) is 118 cm³/mol. The van der Waals surface area contributed by atoms with Gasteiger partial charge in [-0.2, -0.15) is 13.2 Å². The quantitative estimate of drug-likeness (QED) is 0.488. The molecule has 2 aliphatic rings. The van der Waals surface area contributed by atoms with Gasteiger partial charge in [-0.05, 0) is 44.2 Å². The molecule has 3 rings (SSSR count). The van der Waals surface area contributed by atoms with Crippen LogP contribution in [0.4, 0.5) is 18.0 Å². The molecule has 4 N–H and O–H groups in total. The molecule has 0 atom stereocenters. The number of fused-ring (bicyclic) bond motifs is 1. The molecule has 34 heavy (non-hydrogen) atoms. The number of carbonyl (C=O) groups is 3. The van der Waals surface area contributed by atoms with Crippen LogP contribution in [0.3, 0.4) is 0 Å². The summed E-state index contributed by atoms with van der Waals surface area (Å²) in [5.41, 5.74) is 1.79. The highest BCUT2D eigenvalue weighted by Crippen LogP contribution is 2.37. The molecule has 0 unspecified atom stereocenters. The van der Waals surface area contributed by atoms with Gasteiger partial charge in [0.25, 0.3) is 0 Å². The van der Waals surface area contributed by atoms with Crippen LogP contribution in [-0.2, 0) is 22.6 Å². The number of nitrogens with one attached hydrogen (secondary N) is 2. The summed E-state index contributed by atoms with van der Waals surface area (Å²) >= 11 is 0. The molecule has 1 fully saturated rings. The number of urea groups is 1. The molecule has 8 nitrogen and oxygen atoms in total. The van der Waals surface area contributed by atoms with E-state index in [-0.39, 0.29) is 18.1 Å². The van der Waals surface area contributed by atoms with Crippen LogP contribution in [-0.4, -0.2) is 64.4 Å². The maximum atomic E-state index is 12.3. The molecule has 1 aromatic rings. The number of hydrogen-bond donors (Lipinski definition) is 4. The van der Waals surface area contributed by atoms with Crippen molar-refractivity contribution in [3.05, 3.63) is 35.4 Å². The molecule has 1 aliphatic carbocycles. The molecule has 0 radical (unpaired) electrons. The third kappa shape index (κ3) is 7.34. The standard InChI is InChI=1S/C21H31N3O3.C2HF3O2/c1-20(2,24-12-9-16-7-3-4-8-17(16)13-24)14-22-19(27)23-15-21(18(25)26)10-5-6-11-21;3-2(4,5)1(6)7/h3-4,7-8H,5-6,9-15H2,1-2H3,(H,25,26)(H2,22,23,27);(H,6,7). The van der Waals surface area contributed by atoms with Crippen LogP contribution in [0.5, 0.6) is 0 Å². The highest BCUT2D eigenvalue weighted by molar-refractivity contribution is 5.78. The Balaban J connectivity index is 0.000000509. The van der Waals surface area contributed by atoms with Gasteiger partial charge in [0.2, 0.25) is 0 Å². The second kappa shape index (κ2) is 11.1. The van der Waals surface area contributed by atoms with Crippen molar-refractivity contribution in [1.82, 2.24) is 15.5 Å². The number of aliphatic carboxylic acids is 2. The number of carbonyl (C=O) groups excluding carboxylic acids is 1. The van der Waals surface area contributed by atoms with Crippen molar-refractivity contribution in [1.29, 1.82) is 0 Å². The lowest BCUT2D eigenvalue weighted by atomic mass is 9.86. The van der Waals surface area contributed by atoms with Crippen molar-refractivity contribution in [3.63, 3.8) is 0 Å². The van der Waals surface area contributed by atoms with Crippen molar-refractivity contribution >= 4 is 18.0 Å². The zero-order valence-corrected chi connectivity index (χ0v) is 19.4. The summed E-state index contributed by atoms with van der Waals surface area (Å²) in [6.07, 6.45) is -0.951. The van der Waals surface area contributed by atoms with E-state index in [9.17, 15) is 27.9 Å². The van der Waals surface area contributed by atoms with E-state index < -0.39 is 23.5 Å². The summed E-state index contributed by atoms with van der Waals surface area (Å²) in [4.78, 5) is 35.1. The lowest BCUT2D eigenvalue weighted by Gasteiger charge is -2.41. The van der Waals surface area contributed by atoms with Crippen LogP contribution >= 0.6 is 0 Å². The summed E-state index contributed by atoms with van der Waals surface area (Å²) in [6.45, 7) is 6.84. The van der Waals surface area contributed by atoms with Gasteiger partial charge in [-0.15, -0.1) is 0 Å². The summed E-state index contributed by atoms with van der Waals surface area (Å²) in [5, 5.41) is 22.4. The topological polar surface area (TPSA) is 119 Å². The van der Waals surface area contributed by atoms with Gasteiger partial charge >= 0.3 is 24.1 Å². The number of alkyl halides is 3. The molecule has 1 saturated carbocycles. The largest absolute Gasteiger partial charge is 0.490 e. The van der Waals surface area contributed by atoms with Crippen LogP contribution in [0.15, 0.2) is 24.3 Å². The lowest BCUT2D eigenvalue weighted by molar-refractivity contribution is -0.192. The monoisotopic (exact) mass is 487 g/mol. The molecule has 0 aromatic heterocycles. The Bertz CT molecular complexity index is 883. The van der Waals surface area contributed by atoms with E-state index in [0.717, 1.165) is 32.4 Å². The highest BCUT2D eigenvalue weighted by Gasteiger charge is 2.41. The summed E-state index contributed by atoms with van der Waals surface area (Å²) < 4.78 is 31.7. The Morgan fingerprint density at radius 2 is 1.59 bits per heavy atom. The number of benzene rings is 1. The molecular weight excluding hydrogens is 455 g/mol. The summed E-state index contributed by atoms with van der Waals surface area (Å²) in [5.74, 6) is -3.56. The Labute approximate surface area is 196 Å². The molecule has 2 amide bonds. The Kier molecular flexibility index (Phi) is 8.93. The average Bonchev–Trinajstić information content (AvgIpc) is 3.26. The second-order valence-electron chi connectivity index (χ2n) is 9.38. The number of carboxylic acid groups (broad SMARTS) is 2. The van der Waals surface area contributed by atoms with Crippen LogP contribution in [0.2, 0.25) is 0 Å². The van der Waals surface area contributed by atoms with E-state index in [2.05, 4.69) is 53.6 Å². The van der Waals surface area contributed by atoms with Gasteiger partial charge < -0.3 is 20.8 Å². The summed E-state index contributed by atoms with van der Waals surface area (Å²) in [6, 6.07) is 8.23. The smallest absolute Gasteiger partial charge is 0.481 e. The summed E-state index contributed by atoms with van der Waals surface area (Å²) in [7, 11) is 0. The molecule has 1 aliphatic heterocycles. The fourth-order valence-electron chi connectivity index (χ4n) is 4.25. The maximum absolute atomic E-state index is 12.3. The Morgan fingerprint density at radius 3 is 2.12 bits per heavy atom. The van der Waals surface area contributed by atoms with Gasteiger partial charge in [0.05, 0.1) is 5.41 Å². The first-order valence-corrected chi connectivity index (χ1v) is 11.1. The molecule has 1 heterocycles. The first kappa shape index (κ1) is 27.4. The minimum Gasteiger partial charge on any atom is -0.481 e. The number of amides is 2. The first-order valence-electron chi connectivity index (χ1n) is 11.1. The molecular formula is C23H32F3N3O5. The fraction of sp³-hybridized carbons (Fsp3) is 0.609. The molecule has 0 saturated heterocycles. The highest BCUT2D eigenvalue weighted by atomic mass is 19.4. The normalized spacial score (nSPS) is 17.7. The lowest BCUT2D eigenvalue weighted by Crippen LogP contribution is -2.55. The van der Waals surface area contributed by atoms with Crippen molar-refractivity contribution in [2.24, 2.45) is 5.41 Å². The Hall–Kier alpha value is -2.82. The van der Waals surface area contributed by atoms with Crippen LogP contribution in [0.25, 0.3) is 0 Å². The SMILES string of the molecule is CC(C)(CNC(=O)NCC1(C(=O)O)CCCC1)N1CCc2ccccc2C1.O=C(O)C(F)(F)F. The van der Waals surface area contributed by atoms with Gasteiger partial charge in [-0.3, -0.25) is 9.69 Å². The van der Waals surface area contributed by atoms with E-state index in [4.69, 9.17) is 9.90 Å². The van der Waals surface area contributed by atoms with Gasteiger partial charge in [-0.1, -0.05) is 37.1 Å². The van der Waals surface area contributed by atoms with Gasteiger partial charge in [-0.25, -0.2) is 9.59 Å². The van der Waals surface area contributed by atoms with E-state index in [1.807, 2.05) is 0 Å². The number of hydrogen-bond acceptors (Lipinski definition) is 4. The number of rotatable bonds is 6. The van der Waals surface area contributed by atoms with Crippen LogP contribution < -0.4 is 10.6 Å². The van der Waals surface area contributed by atoms with Crippen molar-refractivity contribution in [2.45, 2.75) is 64.2 Å². The van der Waals surface area contributed by atoms with E-state index in [1.165, 1.54) is 11.1 Å². The molecule has 1 aromatic carbocycles. The maximum Gasteiger partial charge on any atom is 0.490 e. The van der Waals surface area contributed by atoms with Crippen molar-refractivity contribution in [3.8, 4) is 0 Å². The average molecular weight is 488 g/mol. The molecule has 0 spiro atoms. The van der Waals surface area contributed by atoms with Crippen LogP contribution in [0.1, 0.15) is 50.7 Å². The van der Waals surface area contributed by atoms with Crippen molar-refractivity contribution < 1.29 is 37.8 Å². The van der Waals surface area contributed by atoms with E-state index >= 15 is 0 Å². The van der Waals surface area contributed by atoms with Gasteiger partial charge in [0.1, 0.15) is 0 Å². The van der Waals surface area contributed by atoms with E-state index in [1.54, 1.807) is 0 Å². The van der Waals surface area contributed by atoms with E-state index in [0.29, 0.717) is 19.4 Å². The zero-order valence-electron chi connectivity index (χ0n) is 19.4. The fourth-order valence-corrected chi connectivity index (χ4v) is 4.25. The zero-order chi connectivity index (χ0) is 25.6. The third-order valence-electron chi connectivity index (χ3n) is 6.51. The van der Waals surface area contributed by atoms with Crippen LogP contribution in [0, 0.1) is 5.41 Å². The predicted octanol–water partition coefficient (Wildman–Crippen LogP) is 3.40. The molecule has 11 heteroatoms. The minimum atomic E-state index is -5.08. The molecule has 0 bridgehead atoms. The third-order valence-corrected chi connectivity index (χ3v) is 6.51. The minimum absolute atomic E-state index is 0.178. The number of halogens is 3. The van der Waals surface area contributed by atoms with Gasteiger partial charge in [0.15, 0.2) is 0 Å². The Morgan fingerprint density at radius 1 is 1.03 bits per heavy atom. The number of nitrogens with zero attached hydrogens (tertiary/aromatic N) is 1. The second-order valence-corrected chi connectivity index (χ2v) is 9.38. The molecule has 190 valence electrons. The van der Waals surface area contributed by atoms with Crippen molar-refractivity contribution in [2.75, 3.05) is 19.6 Å². The first-order chi connectivity index (χ1) is 15.8.